The van der Waals surface area contributed by atoms with E-state index in [0.717, 1.165) is 38.5 Å². The standard InChI is InChI=1S/C16H25NO2/c1-16(2,3)13-6-7-14(15(12-13)18-4)17-8-5-10-19-11-9-17/h6-7,12H,5,8-11H2,1-4H3. The van der Waals surface area contributed by atoms with Gasteiger partial charge in [0.05, 0.1) is 19.4 Å². The number of hydrogen-bond donors (Lipinski definition) is 0. The molecule has 0 saturated carbocycles. The lowest BCUT2D eigenvalue weighted by Gasteiger charge is -2.26. The van der Waals surface area contributed by atoms with Gasteiger partial charge in [-0.25, -0.2) is 0 Å². The molecule has 0 atom stereocenters. The molecule has 1 aliphatic heterocycles. The summed E-state index contributed by atoms with van der Waals surface area (Å²) in [6.07, 6.45) is 1.07. The first-order chi connectivity index (χ1) is 9.02. The molecule has 2 rings (SSSR count). The molecule has 0 aromatic heterocycles. The van der Waals surface area contributed by atoms with Gasteiger partial charge in [0, 0.05) is 19.7 Å². The molecule has 3 heteroatoms. The van der Waals surface area contributed by atoms with E-state index in [2.05, 4.69) is 43.9 Å². The largest absolute Gasteiger partial charge is 0.495 e. The van der Waals surface area contributed by atoms with Gasteiger partial charge in [-0.1, -0.05) is 26.8 Å². The molecule has 0 aliphatic carbocycles. The third-order valence-electron chi connectivity index (χ3n) is 3.61. The highest BCUT2D eigenvalue weighted by atomic mass is 16.5. The number of ether oxygens (including phenoxy) is 2. The van der Waals surface area contributed by atoms with Crippen molar-refractivity contribution in [3.05, 3.63) is 23.8 Å². The van der Waals surface area contributed by atoms with Crippen LogP contribution >= 0.6 is 0 Å². The van der Waals surface area contributed by atoms with Crippen molar-refractivity contribution in [1.29, 1.82) is 0 Å². The molecule has 0 radical (unpaired) electrons. The number of anilines is 1. The Kier molecular flexibility index (Phi) is 4.35. The fourth-order valence-corrected chi connectivity index (χ4v) is 2.39. The van der Waals surface area contributed by atoms with E-state index in [1.165, 1.54) is 11.3 Å². The summed E-state index contributed by atoms with van der Waals surface area (Å²) in [5.74, 6) is 0.967. The summed E-state index contributed by atoms with van der Waals surface area (Å²) in [6.45, 7) is 10.3. The Labute approximate surface area is 116 Å². The molecule has 1 fully saturated rings. The lowest BCUT2D eigenvalue weighted by molar-refractivity contribution is 0.152. The summed E-state index contributed by atoms with van der Waals surface area (Å²) >= 11 is 0. The molecule has 106 valence electrons. The van der Waals surface area contributed by atoms with Gasteiger partial charge in [-0.15, -0.1) is 0 Å². The molecular formula is C16H25NO2. The van der Waals surface area contributed by atoms with Crippen molar-refractivity contribution in [1.82, 2.24) is 0 Å². The fourth-order valence-electron chi connectivity index (χ4n) is 2.39. The highest BCUT2D eigenvalue weighted by Crippen LogP contribution is 2.34. The third-order valence-corrected chi connectivity index (χ3v) is 3.61. The minimum Gasteiger partial charge on any atom is -0.495 e. The molecule has 0 bridgehead atoms. The zero-order valence-corrected chi connectivity index (χ0v) is 12.5. The maximum atomic E-state index is 5.59. The first-order valence-electron chi connectivity index (χ1n) is 7.03. The number of nitrogens with zero attached hydrogens (tertiary/aromatic N) is 1. The molecule has 1 saturated heterocycles. The minimum absolute atomic E-state index is 0.147. The molecule has 0 amide bonds. The Hall–Kier alpha value is -1.22. The second kappa shape index (κ2) is 5.83. The molecule has 1 aliphatic rings. The SMILES string of the molecule is COc1cc(C(C)(C)C)ccc1N1CCCOCC1. The predicted octanol–water partition coefficient (Wildman–Crippen LogP) is 3.22. The quantitative estimate of drug-likeness (QED) is 0.817. The van der Waals surface area contributed by atoms with Crippen molar-refractivity contribution < 1.29 is 9.47 Å². The number of hydrogen-bond acceptors (Lipinski definition) is 3. The van der Waals surface area contributed by atoms with E-state index in [-0.39, 0.29) is 5.41 Å². The zero-order chi connectivity index (χ0) is 13.9. The molecule has 1 heterocycles. The maximum Gasteiger partial charge on any atom is 0.142 e. The van der Waals surface area contributed by atoms with Crippen molar-refractivity contribution in [2.75, 3.05) is 38.3 Å². The number of benzene rings is 1. The van der Waals surface area contributed by atoms with Crippen molar-refractivity contribution in [2.45, 2.75) is 32.6 Å². The molecule has 19 heavy (non-hydrogen) atoms. The second-order valence-electron chi connectivity index (χ2n) is 6.09. The predicted molar refractivity (Wildman–Crippen MR) is 79.3 cm³/mol. The summed E-state index contributed by atoms with van der Waals surface area (Å²) < 4.78 is 11.1. The van der Waals surface area contributed by atoms with Crippen LogP contribution in [0.3, 0.4) is 0 Å². The Morgan fingerprint density at radius 1 is 1.16 bits per heavy atom. The van der Waals surface area contributed by atoms with Crippen LogP contribution in [0.2, 0.25) is 0 Å². The topological polar surface area (TPSA) is 21.7 Å². The molecule has 1 aromatic carbocycles. The first-order valence-corrected chi connectivity index (χ1v) is 7.03. The van der Waals surface area contributed by atoms with E-state index in [4.69, 9.17) is 9.47 Å². The monoisotopic (exact) mass is 263 g/mol. The van der Waals surface area contributed by atoms with Crippen LogP contribution in [0.1, 0.15) is 32.8 Å². The van der Waals surface area contributed by atoms with Crippen LogP contribution in [0.4, 0.5) is 5.69 Å². The highest BCUT2D eigenvalue weighted by Gasteiger charge is 2.19. The third kappa shape index (κ3) is 3.41. The summed E-state index contributed by atoms with van der Waals surface area (Å²) in [7, 11) is 1.75. The Bertz CT molecular complexity index is 415. The normalized spacial score (nSPS) is 17.2. The average molecular weight is 263 g/mol. The summed E-state index contributed by atoms with van der Waals surface area (Å²) in [5, 5.41) is 0. The van der Waals surface area contributed by atoms with E-state index in [9.17, 15) is 0 Å². The van der Waals surface area contributed by atoms with E-state index >= 15 is 0 Å². The molecule has 0 spiro atoms. The van der Waals surface area contributed by atoms with Gasteiger partial charge in [0.15, 0.2) is 0 Å². The summed E-state index contributed by atoms with van der Waals surface area (Å²) in [4.78, 5) is 2.36. The Balaban J connectivity index is 2.29. The van der Waals surface area contributed by atoms with Crippen molar-refractivity contribution >= 4 is 5.69 Å². The van der Waals surface area contributed by atoms with Crippen LogP contribution in [-0.4, -0.2) is 33.4 Å². The van der Waals surface area contributed by atoms with Gasteiger partial charge >= 0.3 is 0 Å². The molecular weight excluding hydrogens is 238 g/mol. The lowest BCUT2D eigenvalue weighted by atomic mass is 9.87. The maximum absolute atomic E-state index is 5.59. The van der Waals surface area contributed by atoms with Crippen LogP contribution in [0.25, 0.3) is 0 Å². The van der Waals surface area contributed by atoms with Crippen LogP contribution in [0.5, 0.6) is 5.75 Å². The van der Waals surface area contributed by atoms with Crippen LogP contribution < -0.4 is 9.64 Å². The van der Waals surface area contributed by atoms with Gasteiger partial charge in [0.2, 0.25) is 0 Å². The van der Waals surface area contributed by atoms with E-state index in [1.54, 1.807) is 7.11 Å². The molecule has 0 unspecified atom stereocenters. The smallest absolute Gasteiger partial charge is 0.142 e. The summed E-state index contributed by atoms with van der Waals surface area (Å²) in [5.41, 5.74) is 2.63. The van der Waals surface area contributed by atoms with Crippen molar-refractivity contribution in [3.8, 4) is 5.75 Å². The van der Waals surface area contributed by atoms with E-state index < -0.39 is 0 Å². The van der Waals surface area contributed by atoms with Crippen LogP contribution in [0.15, 0.2) is 18.2 Å². The molecule has 1 aromatic rings. The van der Waals surface area contributed by atoms with Crippen LogP contribution in [-0.2, 0) is 10.2 Å². The Morgan fingerprint density at radius 2 is 1.95 bits per heavy atom. The average Bonchev–Trinajstić information content (AvgIpc) is 2.65. The molecule has 0 N–H and O–H groups in total. The van der Waals surface area contributed by atoms with Crippen molar-refractivity contribution in [2.24, 2.45) is 0 Å². The first kappa shape index (κ1) is 14.2. The van der Waals surface area contributed by atoms with Crippen LogP contribution in [0, 0.1) is 0 Å². The molecule has 3 nitrogen and oxygen atoms in total. The second-order valence-corrected chi connectivity index (χ2v) is 6.09. The van der Waals surface area contributed by atoms with E-state index in [0.29, 0.717) is 0 Å². The van der Waals surface area contributed by atoms with Gasteiger partial charge < -0.3 is 14.4 Å². The highest BCUT2D eigenvalue weighted by molar-refractivity contribution is 5.60. The Morgan fingerprint density at radius 3 is 2.63 bits per heavy atom. The van der Waals surface area contributed by atoms with E-state index in [1.807, 2.05) is 0 Å². The summed E-state index contributed by atoms with van der Waals surface area (Å²) in [6, 6.07) is 6.56. The van der Waals surface area contributed by atoms with Gasteiger partial charge in [-0.05, 0) is 29.5 Å². The minimum atomic E-state index is 0.147. The van der Waals surface area contributed by atoms with Gasteiger partial charge in [0.25, 0.3) is 0 Å². The number of rotatable bonds is 2. The fraction of sp³-hybridized carbons (Fsp3) is 0.625. The van der Waals surface area contributed by atoms with Crippen molar-refractivity contribution in [3.63, 3.8) is 0 Å². The lowest BCUT2D eigenvalue weighted by Crippen LogP contribution is -2.26. The number of methoxy groups -OCH3 is 1. The van der Waals surface area contributed by atoms with Gasteiger partial charge in [0.1, 0.15) is 5.75 Å². The van der Waals surface area contributed by atoms with Gasteiger partial charge in [-0.2, -0.15) is 0 Å². The van der Waals surface area contributed by atoms with Gasteiger partial charge in [-0.3, -0.25) is 0 Å². The zero-order valence-electron chi connectivity index (χ0n) is 12.5.